The van der Waals surface area contributed by atoms with Crippen molar-refractivity contribution in [2.24, 2.45) is 0 Å². The summed E-state index contributed by atoms with van der Waals surface area (Å²) >= 11 is 5.92. The van der Waals surface area contributed by atoms with Crippen molar-refractivity contribution in [2.75, 3.05) is 11.1 Å². The zero-order valence-corrected chi connectivity index (χ0v) is 10.0. The topological polar surface area (TPSA) is 55.1 Å². The van der Waals surface area contributed by atoms with E-state index in [0.717, 1.165) is 0 Å². The number of hydrogen-bond acceptors (Lipinski definition) is 2. The van der Waals surface area contributed by atoms with Crippen molar-refractivity contribution < 1.29 is 9.18 Å². The number of benzene rings is 2. The van der Waals surface area contributed by atoms with E-state index in [9.17, 15) is 9.18 Å². The van der Waals surface area contributed by atoms with E-state index in [1.165, 1.54) is 36.4 Å². The van der Waals surface area contributed by atoms with Crippen molar-refractivity contribution in [1.29, 1.82) is 0 Å². The number of nitrogens with one attached hydrogen (secondary N) is 1. The van der Waals surface area contributed by atoms with E-state index < -0.39 is 0 Å². The minimum atomic E-state index is -0.369. The van der Waals surface area contributed by atoms with Crippen LogP contribution in [-0.2, 0) is 0 Å². The summed E-state index contributed by atoms with van der Waals surface area (Å²) in [6.45, 7) is 0. The number of carbonyl (C=O) groups is 1. The van der Waals surface area contributed by atoms with E-state index in [1.807, 2.05) is 0 Å². The molecule has 0 radical (unpaired) electrons. The van der Waals surface area contributed by atoms with Gasteiger partial charge in [0, 0.05) is 11.4 Å². The van der Waals surface area contributed by atoms with E-state index in [-0.39, 0.29) is 16.7 Å². The van der Waals surface area contributed by atoms with E-state index in [2.05, 4.69) is 5.32 Å². The van der Waals surface area contributed by atoms with Crippen LogP contribution in [0.25, 0.3) is 0 Å². The molecule has 0 fully saturated rings. The SMILES string of the molecule is Nc1ccc(C(=O)Nc2ccc(F)cc2)c(Cl)c1. The third-order valence-electron chi connectivity index (χ3n) is 2.34. The molecule has 0 spiro atoms. The summed E-state index contributed by atoms with van der Waals surface area (Å²) in [6, 6.07) is 10.1. The van der Waals surface area contributed by atoms with Gasteiger partial charge in [0.1, 0.15) is 5.82 Å². The summed E-state index contributed by atoms with van der Waals surface area (Å²) in [7, 11) is 0. The Hall–Kier alpha value is -2.07. The van der Waals surface area contributed by atoms with Gasteiger partial charge in [-0.15, -0.1) is 0 Å². The lowest BCUT2D eigenvalue weighted by atomic mass is 10.2. The maximum atomic E-state index is 12.7. The first-order valence-electron chi connectivity index (χ1n) is 5.18. The minimum absolute atomic E-state index is 0.273. The van der Waals surface area contributed by atoms with Gasteiger partial charge in [-0.3, -0.25) is 4.79 Å². The van der Waals surface area contributed by atoms with Gasteiger partial charge in [0.25, 0.3) is 5.91 Å². The van der Waals surface area contributed by atoms with Crippen LogP contribution in [-0.4, -0.2) is 5.91 Å². The van der Waals surface area contributed by atoms with Crippen molar-refractivity contribution in [3.63, 3.8) is 0 Å². The molecule has 1 amide bonds. The fourth-order valence-electron chi connectivity index (χ4n) is 1.45. The number of rotatable bonds is 2. The zero-order valence-electron chi connectivity index (χ0n) is 9.28. The smallest absolute Gasteiger partial charge is 0.257 e. The van der Waals surface area contributed by atoms with Crippen molar-refractivity contribution in [3.8, 4) is 0 Å². The first kappa shape index (κ1) is 12.4. The Morgan fingerprint density at radius 1 is 1.17 bits per heavy atom. The Labute approximate surface area is 108 Å². The van der Waals surface area contributed by atoms with Gasteiger partial charge in [-0.1, -0.05) is 11.6 Å². The molecule has 0 aliphatic rings. The van der Waals surface area contributed by atoms with Gasteiger partial charge in [0.2, 0.25) is 0 Å². The molecule has 0 bridgehead atoms. The maximum absolute atomic E-state index is 12.7. The fourth-order valence-corrected chi connectivity index (χ4v) is 1.72. The summed E-state index contributed by atoms with van der Waals surface area (Å²) in [4.78, 5) is 11.9. The summed E-state index contributed by atoms with van der Waals surface area (Å²) in [5, 5.41) is 2.89. The predicted octanol–water partition coefficient (Wildman–Crippen LogP) is 3.31. The van der Waals surface area contributed by atoms with Crippen LogP contribution in [0.1, 0.15) is 10.4 Å². The van der Waals surface area contributed by atoms with Crippen LogP contribution in [0.4, 0.5) is 15.8 Å². The van der Waals surface area contributed by atoms with Crippen LogP contribution in [0, 0.1) is 5.82 Å². The molecule has 0 saturated carbocycles. The van der Waals surface area contributed by atoms with Crippen molar-refractivity contribution in [3.05, 3.63) is 58.9 Å². The van der Waals surface area contributed by atoms with Gasteiger partial charge in [-0.05, 0) is 42.5 Å². The monoisotopic (exact) mass is 264 g/mol. The van der Waals surface area contributed by atoms with Crippen LogP contribution < -0.4 is 11.1 Å². The lowest BCUT2D eigenvalue weighted by Gasteiger charge is -2.07. The quantitative estimate of drug-likeness (QED) is 0.818. The standard InChI is InChI=1S/C13H10ClFN2O/c14-12-7-9(16)3-6-11(12)13(18)17-10-4-1-8(15)2-5-10/h1-7H,16H2,(H,17,18). The molecule has 92 valence electrons. The largest absolute Gasteiger partial charge is 0.399 e. The molecule has 2 aromatic rings. The Bertz CT molecular complexity index is 584. The van der Waals surface area contributed by atoms with Gasteiger partial charge >= 0.3 is 0 Å². The second-order valence-corrected chi connectivity index (χ2v) is 4.11. The van der Waals surface area contributed by atoms with E-state index in [1.54, 1.807) is 6.07 Å². The second kappa shape index (κ2) is 5.06. The Morgan fingerprint density at radius 2 is 1.83 bits per heavy atom. The number of nitrogens with two attached hydrogens (primary N) is 1. The molecule has 0 atom stereocenters. The lowest BCUT2D eigenvalue weighted by molar-refractivity contribution is 0.102. The molecular formula is C13H10ClFN2O. The van der Waals surface area contributed by atoms with Gasteiger partial charge in [-0.25, -0.2) is 4.39 Å². The summed E-state index contributed by atoms with van der Waals surface area (Å²) in [5.74, 6) is -0.731. The van der Waals surface area contributed by atoms with E-state index >= 15 is 0 Å². The van der Waals surface area contributed by atoms with Crippen LogP contribution >= 0.6 is 11.6 Å². The van der Waals surface area contributed by atoms with Crippen LogP contribution in [0.3, 0.4) is 0 Å². The van der Waals surface area contributed by atoms with Crippen molar-refractivity contribution in [2.45, 2.75) is 0 Å². The third kappa shape index (κ3) is 2.78. The molecule has 0 saturated heterocycles. The highest BCUT2D eigenvalue weighted by Crippen LogP contribution is 2.20. The first-order chi connectivity index (χ1) is 8.56. The van der Waals surface area contributed by atoms with Gasteiger partial charge in [-0.2, -0.15) is 0 Å². The first-order valence-corrected chi connectivity index (χ1v) is 5.56. The normalized spacial score (nSPS) is 10.1. The van der Waals surface area contributed by atoms with E-state index in [0.29, 0.717) is 16.9 Å². The lowest BCUT2D eigenvalue weighted by Crippen LogP contribution is -2.12. The highest BCUT2D eigenvalue weighted by molar-refractivity contribution is 6.34. The average molecular weight is 265 g/mol. The number of amides is 1. The van der Waals surface area contributed by atoms with Crippen LogP contribution in [0.15, 0.2) is 42.5 Å². The molecule has 2 aromatic carbocycles. The Kier molecular flexibility index (Phi) is 3.48. The van der Waals surface area contributed by atoms with Gasteiger partial charge in [0.05, 0.1) is 10.6 Å². The van der Waals surface area contributed by atoms with Crippen molar-refractivity contribution in [1.82, 2.24) is 0 Å². The summed E-state index contributed by atoms with van der Waals surface area (Å²) in [5.41, 5.74) is 6.83. The third-order valence-corrected chi connectivity index (χ3v) is 2.65. The molecule has 2 rings (SSSR count). The number of carbonyl (C=O) groups excluding carboxylic acids is 1. The second-order valence-electron chi connectivity index (χ2n) is 3.70. The summed E-state index contributed by atoms with van der Waals surface area (Å²) in [6.07, 6.45) is 0. The molecule has 5 heteroatoms. The molecule has 18 heavy (non-hydrogen) atoms. The maximum Gasteiger partial charge on any atom is 0.257 e. The fraction of sp³-hybridized carbons (Fsp3) is 0. The minimum Gasteiger partial charge on any atom is -0.399 e. The molecule has 3 nitrogen and oxygen atoms in total. The van der Waals surface area contributed by atoms with E-state index in [4.69, 9.17) is 17.3 Å². The molecule has 3 N–H and O–H groups in total. The van der Waals surface area contributed by atoms with Gasteiger partial charge in [0.15, 0.2) is 0 Å². The van der Waals surface area contributed by atoms with Gasteiger partial charge < -0.3 is 11.1 Å². The highest BCUT2D eigenvalue weighted by atomic mass is 35.5. The molecule has 0 aromatic heterocycles. The number of hydrogen-bond donors (Lipinski definition) is 2. The number of halogens is 2. The Morgan fingerprint density at radius 3 is 2.44 bits per heavy atom. The number of nitrogen functional groups attached to an aromatic ring is 1. The van der Waals surface area contributed by atoms with Crippen LogP contribution in [0.2, 0.25) is 5.02 Å². The molecule has 0 heterocycles. The van der Waals surface area contributed by atoms with Crippen molar-refractivity contribution >= 4 is 28.9 Å². The molecular weight excluding hydrogens is 255 g/mol. The van der Waals surface area contributed by atoms with Crippen LogP contribution in [0.5, 0.6) is 0 Å². The molecule has 0 unspecified atom stereocenters. The molecule has 0 aliphatic heterocycles. The number of anilines is 2. The highest BCUT2D eigenvalue weighted by Gasteiger charge is 2.10. The predicted molar refractivity (Wildman–Crippen MR) is 70.2 cm³/mol. The molecule has 0 aliphatic carbocycles. The Balaban J connectivity index is 2.19. The summed E-state index contributed by atoms with van der Waals surface area (Å²) < 4.78 is 12.7. The zero-order chi connectivity index (χ0) is 13.1. The average Bonchev–Trinajstić information content (AvgIpc) is 2.32.